The van der Waals surface area contributed by atoms with Gasteiger partial charge in [0.25, 0.3) is 5.91 Å². The summed E-state index contributed by atoms with van der Waals surface area (Å²) in [6.45, 7) is 7.99. The van der Waals surface area contributed by atoms with Gasteiger partial charge in [-0.1, -0.05) is 32.9 Å². The van der Waals surface area contributed by atoms with E-state index in [1.807, 2.05) is 29.2 Å². The van der Waals surface area contributed by atoms with Gasteiger partial charge in [0.05, 0.1) is 19.2 Å². The first-order valence-electron chi connectivity index (χ1n) is 8.52. The molecule has 2 rings (SSSR count). The molecule has 1 aromatic heterocycles. The fourth-order valence-electron chi connectivity index (χ4n) is 2.66. The van der Waals surface area contributed by atoms with Crippen molar-refractivity contribution in [2.45, 2.75) is 33.7 Å². The maximum atomic E-state index is 12.9. The van der Waals surface area contributed by atoms with Crippen LogP contribution in [0.5, 0.6) is 5.75 Å². The number of benzene rings is 1. The number of nitrogens with two attached hydrogens (primary N) is 1. The van der Waals surface area contributed by atoms with E-state index in [1.165, 1.54) is 11.8 Å². The summed E-state index contributed by atoms with van der Waals surface area (Å²) in [5, 5.41) is 0. The third-order valence-corrected chi connectivity index (χ3v) is 3.88. The van der Waals surface area contributed by atoms with Crippen molar-refractivity contribution in [3.05, 3.63) is 53.5 Å². The lowest BCUT2D eigenvalue weighted by molar-refractivity contribution is 0.0697. The lowest BCUT2D eigenvalue weighted by Crippen LogP contribution is -2.39. The number of nitrogens with zero attached hydrogens (tertiary/aromatic N) is 1. The Morgan fingerprint density at radius 3 is 2.44 bits per heavy atom. The topological polar surface area (TPSA) is 68.7 Å². The molecule has 136 valence electrons. The first-order valence-corrected chi connectivity index (χ1v) is 8.52. The number of ether oxygens (including phenoxy) is 1. The van der Waals surface area contributed by atoms with Gasteiger partial charge in [0.1, 0.15) is 17.8 Å². The van der Waals surface area contributed by atoms with E-state index in [4.69, 9.17) is 14.9 Å². The number of carbonyl (C=O) groups excluding carboxylic acids is 1. The highest BCUT2D eigenvalue weighted by atomic mass is 16.5. The van der Waals surface area contributed by atoms with E-state index in [0.717, 1.165) is 12.2 Å². The van der Waals surface area contributed by atoms with E-state index in [0.29, 0.717) is 31.0 Å². The molecule has 5 nitrogen and oxygen atoms in total. The molecule has 2 N–H and O–H groups in total. The maximum absolute atomic E-state index is 12.9. The summed E-state index contributed by atoms with van der Waals surface area (Å²) >= 11 is 0. The Labute approximate surface area is 149 Å². The summed E-state index contributed by atoms with van der Waals surface area (Å²) in [4.78, 5) is 14.8. The quantitative estimate of drug-likeness (QED) is 0.835. The lowest BCUT2D eigenvalue weighted by Gasteiger charge is -2.30. The van der Waals surface area contributed by atoms with Gasteiger partial charge in [-0.25, -0.2) is 0 Å². The summed E-state index contributed by atoms with van der Waals surface area (Å²) in [6.07, 6.45) is 2.28. The molecule has 0 aliphatic rings. The van der Waals surface area contributed by atoms with Crippen LogP contribution in [0.2, 0.25) is 0 Å². The summed E-state index contributed by atoms with van der Waals surface area (Å²) in [7, 11) is 1.65. The van der Waals surface area contributed by atoms with Crippen molar-refractivity contribution >= 4 is 5.91 Å². The molecular weight excluding hydrogens is 316 g/mol. The van der Waals surface area contributed by atoms with Crippen LogP contribution < -0.4 is 10.5 Å². The molecule has 0 spiro atoms. The van der Waals surface area contributed by atoms with Gasteiger partial charge in [-0.05, 0) is 35.6 Å². The van der Waals surface area contributed by atoms with Gasteiger partial charge in [0.15, 0.2) is 0 Å². The molecule has 5 heteroatoms. The van der Waals surface area contributed by atoms with Gasteiger partial charge in [-0.3, -0.25) is 4.79 Å². The number of carbonyl (C=O) groups is 1. The van der Waals surface area contributed by atoms with Crippen molar-refractivity contribution in [2.24, 2.45) is 11.1 Å². The average Bonchev–Trinajstić information content (AvgIpc) is 3.06. The molecule has 1 amide bonds. The smallest absolute Gasteiger partial charge is 0.257 e. The Bertz CT molecular complexity index is 684. The van der Waals surface area contributed by atoms with Crippen LogP contribution in [0.15, 0.2) is 41.0 Å². The van der Waals surface area contributed by atoms with Crippen molar-refractivity contribution in [1.82, 2.24) is 4.90 Å². The normalized spacial score (nSPS) is 11.4. The number of amides is 1. The van der Waals surface area contributed by atoms with Gasteiger partial charge in [-0.2, -0.15) is 0 Å². The molecule has 1 aromatic carbocycles. The molecule has 0 saturated heterocycles. The highest BCUT2D eigenvalue weighted by molar-refractivity contribution is 5.94. The van der Waals surface area contributed by atoms with E-state index >= 15 is 0 Å². The zero-order valence-electron chi connectivity index (χ0n) is 15.5. The van der Waals surface area contributed by atoms with Crippen LogP contribution >= 0.6 is 0 Å². The number of hydrogen-bond donors (Lipinski definition) is 1. The lowest BCUT2D eigenvalue weighted by atomic mass is 9.95. The standard InChI is InChI=1S/C20H28N2O3/c1-20(2,3)14-22(19(23)16-11-18(12-21)25-13-16)10-9-15-5-7-17(24-4)8-6-15/h5-8,11,13H,9-10,12,14,21H2,1-4H3. The summed E-state index contributed by atoms with van der Waals surface area (Å²) in [5.41, 5.74) is 7.30. The zero-order chi connectivity index (χ0) is 18.4. The predicted octanol–water partition coefficient (Wildman–Crippen LogP) is 3.48. The van der Waals surface area contributed by atoms with E-state index in [9.17, 15) is 4.79 Å². The van der Waals surface area contributed by atoms with Gasteiger partial charge < -0.3 is 19.8 Å². The summed E-state index contributed by atoms with van der Waals surface area (Å²) < 4.78 is 10.5. The molecular formula is C20H28N2O3. The predicted molar refractivity (Wildman–Crippen MR) is 98.7 cm³/mol. The molecule has 25 heavy (non-hydrogen) atoms. The van der Waals surface area contributed by atoms with Crippen molar-refractivity contribution in [1.29, 1.82) is 0 Å². The van der Waals surface area contributed by atoms with Gasteiger partial charge in [0, 0.05) is 13.1 Å². The van der Waals surface area contributed by atoms with Gasteiger partial charge in [0.2, 0.25) is 0 Å². The van der Waals surface area contributed by atoms with Crippen molar-refractivity contribution in [2.75, 3.05) is 20.2 Å². The Morgan fingerprint density at radius 1 is 1.24 bits per heavy atom. The maximum Gasteiger partial charge on any atom is 0.257 e. The average molecular weight is 344 g/mol. The van der Waals surface area contributed by atoms with E-state index < -0.39 is 0 Å². The number of furan rings is 1. The molecule has 0 radical (unpaired) electrons. The Kier molecular flexibility index (Phi) is 6.26. The molecule has 0 bridgehead atoms. The molecule has 0 aliphatic carbocycles. The van der Waals surface area contributed by atoms with Crippen LogP contribution in [-0.4, -0.2) is 31.0 Å². The number of hydrogen-bond acceptors (Lipinski definition) is 4. The van der Waals surface area contributed by atoms with Crippen LogP contribution in [0.1, 0.15) is 42.5 Å². The molecule has 2 aromatic rings. The van der Waals surface area contributed by atoms with E-state index in [2.05, 4.69) is 20.8 Å². The Hall–Kier alpha value is -2.27. The minimum atomic E-state index is -0.0214. The molecule has 1 heterocycles. The SMILES string of the molecule is COc1ccc(CCN(CC(C)(C)C)C(=O)c2coc(CN)c2)cc1. The molecule has 0 unspecified atom stereocenters. The first kappa shape index (κ1) is 19.1. The highest BCUT2D eigenvalue weighted by Gasteiger charge is 2.23. The summed E-state index contributed by atoms with van der Waals surface area (Å²) in [5.74, 6) is 1.43. The third kappa shape index (κ3) is 5.64. The number of methoxy groups -OCH3 is 1. The van der Waals surface area contributed by atoms with Crippen LogP contribution in [0, 0.1) is 5.41 Å². The van der Waals surface area contributed by atoms with E-state index in [-0.39, 0.29) is 11.3 Å². The van der Waals surface area contributed by atoms with Crippen LogP contribution in [-0.2, 0) is 13.0 Å². The molecule has 0 aliphatic heterocycles. The monoisotopic (exact) mass is 344 g/mol. The second-order valence-electron chi connectivity index (χ2n) is 7.39. The van der Waals surface area contributed by atoms with Crippen molar-refractivity contribution in [3.8, 4) is 5.75 Å². The van der Waals surface area contributed by atoms with Gasteiger partial charge in [-0.15, -0.1) is 0 Å². The van der Waals surface area contributed by atoms with E-state index in [1.54, 1.807) is 13.2 Å². The first-order chi connectivity index (χ1) is 11.8. The summed E-state index contributed by atoms with van der Waals surface area (Å²) in [6, 6.07) is 9.67. The van der Waals surface area contributed by atoms with Gasteiger partial charge >= 0.3 is 0 Å². The molecule has 0 saturated carbocycles. The second kappa shape index (κ2) is 8.21. The second-order valence-corrected chi connectivity index (χ2v) is 7.39. The van der Waals surface area contributed by atoms with Crippen LogP contribution in [0.4, 0.5) is 0 Å². The van der Waals surface area contributed by atoms with Crippen molar-refractivity contribution in [3.63, 3.8) is 0 Å². The third-order valence-electron chi connectivity index (χ3n) is 3.88. The largest absolute Gasteiger partial charge is 0.497 e. The van der Waals surface area contributed by atoms with Crippen LogP contribution in [0.3, 0.4) is 0 Å². The fourth-order valence-corrected chi connectivity index (χ4v) is 2.66. The molecule has 0 atom stereocenters. The molecule has 0 fully saturated rings. The minimum Gasteiger partial charge on any atom is -0.497 e. The van der Waals surface area contributed by atoms with Crippen molar-refractivity contribution < 1.29 is 13.9 Å². The highest BCUT2D eigenvalue weighted by Crippen LogP contribution is 2.19. The number of rotatable bonds is 7. The Balaban J connectivity index is 2.10. The zero-order valence-corrected chi connectivity index (χ0v) is 15.5. The Morgan fingerprint density at radius 2 is 1.92 bits per heavy atom. The minimum absolute atomic E-state index is 0.00992. The fraction of sp³-hybridized carbons (Fsp3) is 0.450. The van der Waals surface area contributed by atoms with Crippen LogP contribution in [0.25, 0.3) is 0 Å².